The van der Waals surface area contributed by atoms with Crippen molar-refractivity contribution in [1.82, 2.24) is 0 Å². The minimum absolute atomic E-state index is 0.00847. The molecule has 7 unspecified atom stereocenters. The molecule has 6 aliphatic rings. The number of rotatable bonds is 31. The summed E-state index contributed by atoms with van der Waals surface area (Å²) in [6.45, 7) is 72.1. The monoisotopic (exact) mass is 1660 g/mol. The Balaban J connectivity index is 1.33. The van der Waals surface area contributed by atoms with Crippen LogP contribution in [0, 0.1) is 11.8 Å². The Hall–Kier alpha value is -0.486. The van der Waals surface area contributed by atoms with Crippen LogP contribution in [-0.2, 0) is 82.3 Å². The number of Topliss-reactive ketones (excluding diaryl/α,β-unsaturated/α-hetero) is 1. The first-order chi connectivity index (χ1) is 47.3. The zero-order valence-electron chi connectivity index (χ0n) is 69.2. The van der Waals surface area contributed by atoms with E-state index in [-0.39, 0.29) is 78.9 Å². The molecule has 0 aliphatic carbocycles. The molecule has 592 valence electrons. The molecule has 0 spiro atoms. The Kier molecular flexibility index (Phi) is 30.7. The number of carbonyl (C=O) groups is 1. The summed E-state index contributed by atoms with van der Waals surface area (Å²) in [5, 5.41) is -0.653. The van der Waals surface area contributed by atoms with Crippen molar-refractivity contribution in [2.75, 3.05) is 26.9 Å². The van der Waals surface area contributed by atoms with Crippen LogP contribution in [0.4, 0.5) is 0 Å². The van der Waals surface area contributed by atoms with Gasteiger partial charge < -0.3 is 64.6 Å². The zero-order chi connectivity index (χ0) is 77.3. The molecule has 1 aromatic rings. The van der Waals surface area contributed by atoms with E-state index in [0.29, 0.717) is 57.5 Å². The highest BCUT2D eigenvalue weighted by Crippen LogP contribution is 2.51. The molecular weight excluding hydrogens is 1520 g/mol. The fraction of sp³-hybridized carbons (Fsp3) is 0.838. The Bertz CT molecular complexity index is 3030. The number of hydrogen-bond acceptors (Lipinski definition) is 15. The molecule has 0 bridgehead atoms. The predicted octanol–water partition coefficient (Wildman–Crippen LogP) is 19.9. The van der Waals surface area contributed by atoms with Crippen LogP contribution in [0.1, 0.15) is 205 Å². The van der Waals surface area contributed by atoms with Gasteiger partial charge in [-0.1, -0.05) is 166 Å². The largest absolute Gasteiger partial charge is 0.414 e. The van der Waals surface area contributed by atoms with Crippen molar-refractivity contribution in [3.05, 3.63) is 63.8 Å². The van der Waals surface area contributed by atoms with Crippen LogP contribution in [0.2, 0.25) is 90.7 Å². The molecule has 16 nitrogen and oxygen atoms in total. The summed E-state index contributed by atoms with van der Waals surface area (Å²) < 4.78 is 121. The zero-order valence-corrected chi connectivity index (χ0v) is 77.2. The highest BCUT2D eigenvalue weighted by molar-refractivity contribution is 14.1. The molecule has 23 heteroatoms. The Morgan fingerprint density at radius 3 is 1.81 bits per heavy atom. The molecule has 6 aliphatic heterocycles. The number of aryl methyl sites for hydroxylation is 1. The summed E-state index contributed by atoms with van der Waals surface area (Å²) in [5.74, 6) is -1.50. The van der Waals surface area contributed by atoms with E-state index in [4.69, 9.17) is 66.6 Å². The highest BCUT2D eigenvalue weighted by atomic mass is 127. The van der Waals surface area contributed by atoms with Gasteiger partial charge in [-0.2, -0.15) is 0 Å². The fourth-order valence-corrected chi connectivity index (χ4v) is 21.7. The minimum atomic E-state index is -2.69. The van der Waals surface area contributed by atoms with E-state index in [9.17, 15) is 8.76 Å². The number of ether oxygens (including phenoxy) is 8. The normalized spacial score (nSPS) is 30.7. The third kappa shape index (κ3) is 22.3. The Labute approximate surface area is 646 Å². The SMILES string of the molecule is C=C1C[C@H](CCC2OCCO2)O[C@H]1CC[C@H]1C[C@@H](C)C(=C)[C@@H](C[C@@H]2O[C@H](CC(CO[Si](C)(C)C(C)(C)C)O[Si](C)(C)C(C)(C)C)[C@H](OC)C2CC(=O)C(c2cc(CC)ccc2S(=O)O)[C@H]2CC[C@@H]3O[C@@H](C(/C=C/I)O[Si](C)(C)C(C)(C)C)C(O[Si](C)(C)C(C)(C)C)C(O[Si](C)(C)C(C)(C)C)[C@H]3O2)O1. The predicted molar refractivity (Wildman–Crippen MR) is 439 cm³/mol. The highest BCUT2D eigenvalue weighted by Gasteiger charge is 2.60. The lowest BCUT2D eigenvalue weighted by molar-refractivity contribution is -0.268. The molecule has 0 radical (unpaired) electrons. The third-order valence-electron chi connectivity index (χ3n) is 26.2. The smallest absolute Gasteiger partial charge is 0.193 e. The fourth-order valence-electron chi connectivity index (χ4n) is 14.4. The molecule has 0 aromatic heterocycles. The van der Waals surface area contributed by atoms with Gasteiger partial charge in [0.05, 0.1) is 97.8 Å². The van der Waals surface area contributed by atoms with Crippen molar-refractivity contribution < 1.29 is 73.6 Å². The van der Waals surface area contributed by atoms with Gasteiger partial charge in [-0.25, -0.2) is 4.21 Å². The maximum Gasteiger partial charge on any atom is 0.193 e. The van der Waals surface area contributed by atoms with Crippen LogP contribution in [-0.4, -0.2) is 181 Å². The van der Waals surface area contributed by atoms with Gasteiger partial charge in [0.1, 0.15) is 30.2 Å². The first-order valence-electron chi connectivity index (χ1n) is 39.1. The van der Waals surface area contributed by atoms with Gasteiger partial charge in [0.25, 0.3) is 0 Å². The van der Waals surface area contributed by atoms with E-state index >= 15 is 4.79 Å². The molecule has 6 heterocycles. The van der Waals surface area contributed by atoms with Gasteiger partial charge in [0.15, 0.2) is 59.0 Å². The molecule has 6 saturated heterocycles. The van der Waals surface area contributed by atoms with Crippen LogP contribution in [0.3, 0.4) is 0 Å². The average molecular weight is 1660 g/mol. The number of benzene rings is 1. The van der Waals surface area contributed by atoms with Crippen LogP contribution in [0.5, 0.6) is 0 Å². The van der Waals surface area contributed by atoms with Crippen molar-refractivity contribution in [3.8, 4) is 0 Å². The van der Waals surface area contributed by atoms with Crippen LogP contribution >= 0.6 is 22.6 Å². The first kappa shape index (κ1) is 89.7. The summed E-state index contributed by atoms with van der Waals surface area (Å²) in [6, 6.07) is 5.59. The molecule has 7 rings (SSSR count). The quantitative estimate of drug-likeness (QED) is 0.0321. The number of hydrogen-bond donors (Lipinski definition) is 1. The van der Waals surface area contributed by atoms with Crippen LogP contribution in [0.25, 0.3) is 0 Å². The van der Waals surface area contributed by atoms with E-state index < -0.39 is 132 Å². The Morgan fingerprint density at radius 2 is 1.25 bits per heavy atom. The van der Waals surface area contributed by atoms with Gasteiger partial charge in [-0.15, -0.1) is 0 Å². The minimum Gasteiger partial charge on any atom is -0.414 e. The van der Waals surface area contributed by atoms with Crippen molar-refractivity contribution >= 4 is 81.0 Å². The van der Waals surface area contributed by atoms with Crippen LogP contribution < -0.4 is 0 Å². The number of methoxy groups -OCH3 is 1. The van der Waals surface area contributed by atoms with E-state index in [1.54, 1.807) is 13.2 Å². The van der Waals surface area contributed by atoms with Crippen molar-refractivity contribution in [2.24, 2.45) is 11.8 Å². The second-order valence-electron chi connectivity index (χ2n) is 38.8. The summed E-state index contributed by atoms with van der Waals surface area (Å²) >= 11 is -0.168. The van der Waals surface area contributed by atoms with E-state index in [1.165, 1.54) is 0 Å². The van der Waals surface area contributed by atoms with E-state index in [2.05, 4.69) is 218 Å². The second kappa shape index (κ2) is 35.3. The summed E-state index contributed by atoms with van der Waals surface area (Å²) in [4.78, 5) is 17.1. The lowest BCUT2D eigenvalue weighted by Crippen LogP contribution is -2.69. The molecule has 103 heavy (non-hydrogen) atoms. The van der Waals surface area contributed by atoms with E-state index in [0.717, 1.165) is 55.2 Å². The van der Waals surface area contributed by atoms with Gasteiger partial charge in [0, 0.05) is 38.7 Å². The lowest BCUT2D eigenvalue weighted by atomic mass is 9.77. The average Bonchev–Trinajstić information content (AvgIpc) is 1.32. The third-order valence-corrected chi connectivity index (χ3v) is 49.8. The molecule has 6 fully saturated rings. The molecule has 19 atom stereocenters. The van der Waals surface area contributed by atoms with Crippen molar-refractivity contribution in [1.29, 1.82) is 0 Å². The Morgan fingerprint density at radius 1 is 0.689 bits per heavy atom. The lowest BCUT2D eigenvalue weighted by Gasteiger charge is -2.56. The molecular formula is C80H143IO16SSi5. The van der Waals surface area contributed by atoms with Crippen molar-refractivity contribution in [2.45, 2.75) is 394 Å². The maximum absolute atomic E-state index is 17.0. The summed E-state index contributed by atoms with van der Waals surface area (Å²) in [6.07, 6.45) is 2.53. The first-order valence-corrected chi connectivity index (χ1v) is 55.9. The molecule has 1 N–H and O–H groups in total. The molecule has 0 amide bonds. The van der Waals surface area contributed by atoms with Gasteiger partial charge in [-0.05, 0) is 186 Å². The number of fused-ring (bicyclic) bond motifs is 1. The molecule has 0 saturated carbocycles. The number of ketones is 1. The summed E-state index contributed by atoms with van der Waals surface area (Å²) in [7, 11) is -10.7. The van der Waals surface area contributed by atoms with E-state index in [1.807, 2.05) is 16.2 Å². The topological polar surface area (TPSA) is 174 Å². The van der Waals surface area contributed by atoms with Gasteiger partial charge >= 0.3 is 0 Å². The number of halogens is 1. The van der Waals surface area contributed by atoms with Gasteiger partial charge in [0.2, 0.25) is 0 Å². The van der Waals surface area contributed by atoms with Crippen molar-refractivity contribution in [3.63, 3.8) is 0 Å². The van der Waals surface area contributed by atoms with Crippen LogP contribution in [0.15, 0.2) is 57.6 Å². The molecule has 1 aromatic carbocycles. The second-order valence-corrected chi connectivity index (χ2v) is 64.3. The van der Waals surface area contributed by atoms with Gasteiger partial charge in [-0.3, -0.25) is 4.79 Å². The standard InChI is InChI=1S/C80H143IO16SSi5/c1-31-54-32-38-68(98(83)84)59(46-54)70(62-36-37-63-72(92-62)74(96-102(27,28)79(14,15)16)75(97-103(29,30)80(17,18)19)73(93-63)64(40-41-81)95-101(25,26)78(11,12)13)60(82)48-58-66(91-67(71(58)85-20)47-57(94-100(23,24)77(8,9)10)50-88-99(21,22)76(5,6)7)49-65-53(4)51(2)44-55(90-65)33-35-61-52(3)45-56(89-61)34-39-69-86-42-43-87-69/h32,38,40-41,46,51,55-58,61-67,69-75H,3-4,31,33-37,39,42-45,47-50H2,1-2,5-30H3,(H,83,84)/b41-40+/t51-,55+,56+,57?,58?,61+,62-,63+,64?,65-,66+,67-,70?,71-,72+,73+,74?,75?/m1/s1. The number of carbonyl (C=O) groups excluding carboxylic acids is 1. The summed E-state index contributed by atoms with van der Waals surface area (Å²) in [5.41, 5.74) is 3.54. The maximum atomic E-state index is 17.0.